The molecule has 104 valence electrons. The molecule has 1 aromatic carbocycles. The van der Waals surface area contributed by atoms with Crippen molar-refractivity contribution in [3.8, 4) is 0 Å². The van der Waals surface area contributed by atoms with E-state index in [1.54, 1.807) is 4.90 Å². The Morgan fingerprint density at radius 2 is 1.89 bits per heavy atom. The van der Waals surface area contributed by atoms with Gasteiger partial charge in [-0.05, 0) is 29.0 Å². The molecule has 0 aliphatic carbocycles. The molecule has 1 unspecified atom stereocenters. The first-order chi connectivity index (χ1) is 8.71. The minimum absolute atomic E-state index is 0.0911. The number of benzene rings is 1. The number of fused-ring (bicyclic) bond motifs is 1. The summed E-state index contributed by atoms with van der Waals surface area (Å²) in [5.74, 6) is 0.430. The summed E-state index contributed by atoms with van der Waals surface area (Å²) in [5, 5.41) is 3.36. The minimum Gasteiger partial charge on any atom is -0.372 e. The van der Waals surface area contributed by atoms with Crippen molar-refractivity contribution in [1.82, 2.24) is 0 Å². The molecule has 0 bridgehead atoms. The highest BCUT2D eigenvalue weighted by Crippen LogP contribution is 2.36. The molecule has 1 atom stereocenters. The van der Waals surface area contributed by atoms with Crippen LogP contribution in [0.5, 0.6) is 0 Å². The lowest BCUT2D eigenvalue weighted by molar-refractivity contribution is -0.120. The van der Waals surface area contributed by atoms with Crippen molar-refractivity contribution in [2.24, 2.45) is 5.92 Å². The predicted molar refractivity (Wildman–Crippen MR) is 80.8 cm³/mol. The van der Waals surface area contributed by atoms with Gasteiger partial charge in [0.2, 0.25) is 5.91 Å². The van der Waals surface area contributed by atoms with Gasteiger partial charge in [-0.25, -0.2) is 0 Å². The lowest BCUT2D eigenvalue weighted by atomic mass is 9.86. The Labute approximate surface area is 116 Å². The number of hydrogen-bond donors (Lipinski definition) is 1. The van der Waals surface area contributed by atoms with Crippen LogP contribution in [-0.4, -0.2) is 19.0 Å². The largest absolute Gasteiger partial charge is 0.372 e. The van der Waals surface area contributed by atoms with E-state index in [1.165, 1.54) is 5.56 Å². The number of nitrogens with zero attached hydrogens (tertiary/aromatic N) is 1. The summed E-state index contributed by atoms with van der Waals surface area (Å²) < 4.78 is 0. The monoisotopic (exact) mass is 260 g/mol. The number of anilines is 2. The van der Waals surface area contributed by atoms with E-state index in [0.29, 0.717) is 0 Å². The Hall–Kier alpha value is -1.51. The number of nitrogens with one attached hydrogen (secondary N) is 1. The molecule has 1 aliphatic heterocycles. The number of amides is 1. The van der Waals surface area contributed by atoms with Crippen molar-refractivity contribution < 1.29 is 4.79 Å². The Kier molecular flexibility index (Phi) is 3.33. The lowest BCUT2D eigenvalue weighted by Crippen LogP contribution is -2.48. The zero-order valence-corrected chi connectivity index (χ0v) is 12.7. The van der Waals surface area contributed by atoms with Crippen LogP contribution in [0.15, 0.2) is 18.2 Å². The van der Waals surface area contributed by atoms with E-state index in [0.717, 1.165) is 11.4 Å². The molecule has 0 spiro atoms. The van der Waals surface area contributed by atoms with Gasteiger partial charge in [0.15, 0.2) is 0 Å². The summed E-state index contributed by atoms with van der Waals surface area (Å²) in [6, 6.07) is 6.23. The minimum atomic E-state index is -0.127. The van der Waals surface area contributed by atoms with E-state index in [2.05, 4.69) is 58.1 Å². The molecule has 0 saturated carbocycles. The van der Waals surface area contributed by atoms with Gasteiger partial charge in [-0.2, -0.15) is 0 Å². The lowest BCUT2D eigenvalue weighted by Gasteiger charge is -2.36. The molecule has 1 aromatic rings. The summed E-state index contributed by atoms with van der Waals surface area (Å²) in [7, 11) is 1.86. The first kappa shape index (κ1) is 13.9. The molecule has 0 saturated heterocycles. The van der Waals surface area contributed by atoms with Crippen LogP contribution in [0.4, 0.5) is 11.4 Å². The molecule has 1 N–H and O–H groups in total. The zero-order chi connectivity index (χ0) is 14.4. The molecular weight excluding hydrogens is 236 g/mol. The molecule has 3 nitrogen and oxygen atoms in total. The highest BCUT2D eigenvalue weighted by atomic mass is 16.2. The average molecular weight is 260 g/mol. The van der Waals surface area contributed by atoms with Crippen molar-refractivity contribution >= 4 is 17.3 Å². The van der Waals surface area contributed by atoms with Gasteiger partial charge >= 0.3 is 0 Å². The van der Waals surface area contributed by atoms with Crippen LogP contribution in [0.3, 0.4) is 0 Å². The second kappa shape index (κ2) is 4.55. The van der Waals surface area contributed by atoms with Gasteiger partial charge in [0.05, 0.1) is 11.4 Å². The van der Waals surface area contributed by atoms with Crippen molar-refractivity contribution in [1.29, 1.82) is 0 Å². The molecular formula is C16H24N2O. The molecule has 0 aromatic heterocycles. The second-order valence-corrected chi connectivity index (χ2v) is 6.75. The molecule has 0 radical (unpaired) electrons. The van der Waals surface area contributed by atoms with Crippen LogP contribution in [0.25, 0.3) is 0 Å². The highest BCUT2D eigenvalue weighted by Gasteiger charge is 2.32. The summed E-state index contributed by atoms with van der Waals surface area (Å²) in [6.07, 6.45) is 0. The topological polar surface area (TPSA) is 32.3 Å². The molecule has 1 heterocycles. The first-order valence-corrected chi connectivity index (χ1v) is 6.90. The summed E-state index contributed by atoms with van der Waals surface area (Å²) >= 11 is 0. The molecule has 3 heteroatoms. The standard InChI is InChI=1S/C16H24N2O/c1-10(2)14-15(19)18(6)13-9-11(16(3,4)5)7-8-12(13)17-14/h7-10,14,17H,1-6H3. The fraction of sp³-hybridized carbons (Fsp3) is 0.562. The predicted octanol–water partition coefficient (Wildman–Crippen LogP) is 3.40. The van der Waals surface area contributed by atoms with Gasteiger partial charge in [0.25, 0.3) is 0 Å². The van der Waals surface area contributed by atoms with Crippen LogP contribution in [0, 0.1) is 5.92 Å². The molecule has 1 aliphatic rings. The molecule has 0 fully saturated rings. The maximum Gasteiger partial charge on any atom is 0.249 e. The maximum absolute atomic E-state index is 12.4. The van der Waals surface area contributed by atoms with Gasteiger partial charge in [-0.1, -0.05) is 40.7 Å². The van der Waals surface area contributed by atoms with E-state index in [4.69, 9.17) is 0 Å². The fourth-order valence-corrected chi connectivity index (χ4v) is 2.41. The quantitative estimate of drug-likeness (QED) is 0.839. The number of carbonyl (C=O) groups is 1. The van der Waals surface area contributed by atoms with Crippen LogP contribution >= 0.6 is 0 Å². The van der Waals surface area contributed by atoms with Crippen LogP contribution < -0.4 is 10.2 Å². The average Bonchev–Trinajstić information content (AvgIpc) is 2.31. The van der Waals surface area contributed by atoms with E-state index < -0.39 is 0 Å². The summed E-state index contributed by atoms with van der Waals surface area (Å²) in [6.45, 7) is 10.7. The Balaban J connectivity index is 2.45. The third-order valence-corrected chi connectivity index (χ3v) is 3.80. The second-order valence-electron chi connectivity index (χ2n) is 6.75. The van der Waals surface area contributed by atoms with Gasteiger partial charge in [0, 0.05) is 7.05 Å². The zero-order valence-electron chi connectivity index (χ0n) is 12.7. The summed E-state index contributed by atoms with van der Waals surface area (Å²) in [4.78, 5) is 14.1. The van der Waals surface area contributed by atoms with Crippen LogP contribution in [0.2, 0.25) is 0 Å². The number of likely N-dealkylation sites (N-methyl/N-ethyl adjacent to an activating group) is 1. The number of rotatable bonds is 1. The van der Waals surface area contributed by atoms with E-state index in [9.17, 15) is 4.79 Å². The molecule has 1 amide bonds. The van der Waals surface area contributed by atoms with Gasteiger partial charge in [0.1, 0.15) is 6.04 Å². The van der Waals surface area contributed by atoms with Crippen molar-refractivity contribution in [3.05, 3.63) is 23.8 Å². The summed E-state index contributed by atoms with van der Waals surface area (Å²) in [5.41, 5.74) is 3.37. The van der Waals surface area contributed by atoms with Crippen LogP contribution in [0.1, 0.15) is 40.2 Å². The Morgan fingerprint density at radius 3 is 2.42 bits per heavy atom. The Bertz CT molecular complexity index is 500. The third kappa shape index (κ3) is 2.46. The maximum atomic E-state index is 12.4. The van der Waals surface area contributed by atoms with E-state index in [1.807, 2.05) is 7.05 Å². The first-order valence-electron chi connectivity index (χ1n) is 6.90. The SMILES string of the molecule is CC(C)C1Nc2ccc(C(C)(C)C)cc2N(C)C1=O. The van der Waals surface area contributed by atoms with Crippen molar-refractivity contribution in [2.45, 2.75) is 46.1 Å². The number of carbonyl (C=O) groups excluding carboxylic acids is 1. The van der Waals surface area contributed by atoms with Crippen molar-refractivity contribution in [3.63, 3.8) is 0 Å². The third-order valence-electron chi connectivity index (χ3n) is 3.80. The Morgan fingerprint density at radius 1 is 1.26 bits per heavy atom. The van der Waals surface area contributed by atoms with Gasteiger partial charge < -0.3 is 10.2 Å². The normalized spacial score (nSPS) is 19.4. The molecule has 2 rings (SSSR count). The fourth-order valence-electron chi connectivity index (χ4n) is 2.41. The smallest absolute Gasteiger partial charge is 0.249 e. The van der Waals surface area contributed by atoms with Gasteiger partial charge in [-0.3, -0.25) is 4.79 Å². The number of hydrogen-bond acceptors (Lipinski definition) is 2. The molecule has 19 heavy (non-hydrogen) atoms. The van der Waals surface area contributed by atoms with Gasteiger partial charge in [-0.15, -0.1) is 0 Å². The highest BCUT2D eigenvalue weighted by molar-refractivity contribution is 6.04. The van der Waals surface area contributed by atoms with Crippen molar-refractivity contribution in [2.75, 3.05) is 17.3 Å². The van der Waals surface area contributed by atoms with E-state index in [-0.39, 0.29) is 23.3 Å². The van der Waals surface area contributed by atoms with Crippen LogP contribution in [-0.2, 0) is 10.2 Å². The van der Waals surface area contributed by atoms with E-state index >= 15 is 0 Å².